The van der Waals surface area contributed by atoms with Gasteiger partial charge in [-0.3, -0.25) is 4.79 Å². The number of halogens is 1. The lowest BCUT2D eigenvalue weighted by Gasteiger charge is -2.11. The molecular weight excluding hydrogens is 350 g/mol. The van der Waals surface area contributed by atoms with Crippen LogP contribution in [0.5, 0.6) is 0 Å². The van der Waals surface area contributed by atoms with Gasteiger partial charge in [0.15, 0.2) is 0 Å². The number of aryl methyl sites for hydroxylation is 3. The molecule has 134 valence electrons. The van der Waals surface area contributed by atoms with Crippen LogP contribution in [0.15, 0.2) is 47.0 Å². The van der Waals surface area contributed by atoms with E-state index in [0.717, 1.165) is 22.4 Å². The molecule has 0 aliphatic carbocycles. The van der Waals surface area contributed by atoms with Gasteiger partial charge in [-0.1, -0.05) is 35.0 Å². The van der Waals surface area contributed by atoms with Crippen molar-refractivity contribution >= 4 is 23.2 Å². The molecule has 3 rings (SSSR count). The molecule has 0 aliphatic heterocycles. The highest BCUT2D eigenvalue weighted by Crippen LogP contribution is 2.21. The molecule has 0 saturated heterocycles. The van der Waals surface area contributed by atoms with Crippen molar-refractivity contribution in [3.63, 3.8) is 0 Å². The maximum atomic E-state index is 12.2. The number of carbonyl (C=O) groups is 1. The fraction of sp³-hybridized carbons (Fsp3) is 0.250. The summed E-state index contributed by atoms with van der Waals surface area (Å²) in [5.41, 5.74) is 3.85. The fourth-order valence-corrected chi connectivity index (χ4v) is 2.81. The van der Waals surface area contributed by atoms with Crippen molar-refractivity contribution in [3.8, 4) is 11.4 Å². The third kappa shape index (κ3) is 4.49. The summed E-state index contributed by atoms with van der Waals surface area (Å²) in [5, 5.41) is 7.62. The minimum atomic E-state index is -0.0140. The molecule has 0 spiro atoms. The number of aromatic nitrogens is 2. The molecular formula is C20H20ClN3O2. The highest BCUT2D eigenvalue weighted by molar-refractivity contribution is 6.30. The van der Waals surface area contributed by atoms with Crippen LogP contribution < -0.4 is 5.32 Å². The van der Waals surface area contributed by atoms with Crippen LogP contribution in [0.2, 0.25) is 5.02 Å². The highest BCUT2D eigenvalue weighted by atomic mass is 35.5. The summed E-state index contributed by atoms with van der Waals surface area (Å²) in [6.45, 7) is 3.97. The number of nitrogens with one attached hydrogen (secondary N) is 1. The first-order valence-electron chi connectivity index (χ1n) is 8.47. The first-order chi connectivity index (χ1) is 12.5. The minimum absolute atomic E-state index is 0.0140. The Morgan fingerprint density at radius 2 is 1.81 bits per heavy atom. The molecule has 5 nitrogen and oxygen atoms in total. The summed E-state index contributed by atoms with van der Waals surface area (Å²) in [5.74, 6) is 1.03. The molecule has 3 aromatic rings. The zero-order chi connectivity index (χ0) is 18.5. The van der Waals surface area contributed by atoms with Crippen molar-refractivity contribution in [1.29, 1.82) is 0 Å². The van der Waals surface area contributed by atoms with Crippen LogP contribution in [0.3, 0.4) is 0 Å². The molecule has 0 unspecified atom stereocenters. The third-order valence-corrected chi connectivity index (χ3v) is 4.36. The van der Waals surface area contributed by atoms with Crippen molar-refractivity contribution in [3.05, 3.63) is 64.5 Å². The van der Waals surface area contributed by atoms with Gasteiger partial charge in [-0.2, -0.15) is 4.98 Å². The van der Waals surface area contributed by atoms with Gasteiger partial charge in [0.2, 0.25) is 17.6 Å². The summed E-state index contributed by atoms with van der Waals surface area (Å²) in [6.07, 6.45) is 1.59. The smallest absolute Gasteiger partial charge is 0.226 e. The van der Waals surface area contributed by atoms with E-state index in [1.54, 1.807) is 12.1 Å². The van der Waals surface area contributed by atoms with E-state index in [0.29, 0.717) is 36.0 Å². The second-order valence-electron chi connectivity index (χ2n) is 6.19. The van der Waals surface area contributed by atoms with Crippen LogP contribution in [0.1, 0.15) is 29.9 Å². The molecule has 6 heteroatoms. The van der Waals surface area contributed by atoms with E-state index in [2.05, 4.69) is 15.5 Å². The molecule has 1 N–H and O–H groups in total. The summed E-state index contributed by atoms with van der Waals surface area (Å²) in [6, 6.07) is 13.2. The lowest BCUT2D eigenvalue weighted by molar-refractivity contribution is -0.116. The number of hydrogen-bond acceptors (Lipinski definition) is 4. The Morgan fingerprint density at radius 1 is 1.12 bits per heavy atom. The van der Waals surface area contributed by atoms with E-state index in [1.807, 2.05) is 44.2 Å². The number of carbonyl (C=O) groups excluding carboxylic acids is 1. The summed E-state index contributed by atoms with van der Waals surface area (Å²) in [7, 11) is 0. The first kappa shape index (κ1) is 18.1. The molecule has 0 saturated carbocycles. The molecule has 0 aliphatic rings. The predicted octanol–water partition coefficient (Wildman–Crippen LogP) is 4.97. The zero-order valence-corrected chi connectivity index (χ0v) is 15.5. The van der Waals surface area contributed by atoms with E-state index >= 15 is 0 Å². The third-order valence-electron chi connectivity index (χ3n) is 4.11. The van der Waals surface area contributed by atoms with E-state index in [9.17, 15) is 4.79 Å². The van der Waals surface area contributed by atoms with Gasteiger partial charge in [-0.05, 0) is 55.7 Å². The Bertz CT molecular complexity index is 883. The SMILES string of the molecule is Cc1cccc(C)c1NC(=O)CCCc1nc(-c2ccc(Cl)cc2)no1. The second-order valence-corrected chi connectivity index (χ2v) is 6.62. The van der Waals surface area contributed by atoms with Crippen LogP contribution in [-0.4, -0.2) is 16.0 Å². The summed E-state index contributed by atoms with van der Waals surface area (Å²) in [4.78, 5) is 16.5. The maximum Gasteiger partial charge on any atom is 0.226 e. The van der Waals surface area contributed by atoms with Gasteiger partial charge < -0.3 is 9.84 Å². The molecule has 0 radical (unpaired) electrons. The van der Waals surface area contributed by atoms with Gasteiger partial charge in [0, 0.05) is 29.1 Å². The number of anilines is 1. The van der Waals surface area contributed by atoms with Crippen molar-refractivity contribution in [1.82, 2.24) is 10.1 Å². The average Bonchev–Trinajstić information content (AvgIpc) is 3.08. The Labute approximate surface area is 157 Å². The van der Waals surface area contributed by atoms with Crippen molar-refractivity contribution < 1.29 is 9.32 Å². The minimum Gasteiger partial charge on any atom is -0.339 e. The topological polar surface area (TPSA) is 68.0 Å². The summed E-state index contributed by atoms with van der Waals surface area (Å²) < 4.78 is 5.26. The number of para-hydroxylation sites is 1. The second kappa shape index (κ2) is 8.15. The number of hydrogen-bond donors (Lipinski definition) is 1. The average molecular weight is 370 g/mol. The normalized spacial score (nSPS) is 10.7. The van der Waals surface area contributed by atoms with E-state index in [4.69, 9.17) is 16.1 Å². The molecule has 1 aromatic heterocycles. The van der Waals surface area contributed by atoms with Crippen LogP contribution in [0.25, 0.3) is 11.4 Å². The quantitative estimate of drug-likeness (QED) is 0.666. The van der Waals surface area contributed by atoms with Crippen LogP contribution in [-0.2, 0) is 11.2 Å². The van der Waals surface area contributed by atoms with Gasteiger partial charge >= 0.3 is 0 Å². The number of nitrogens with zero attached hydrogens (tertiary/aromatic N) is 2. The molecule has 1 heterocycles. The standard InChI is InChI=1S/C20H20ClN3O2/c1-13-5-3-6-14(2)19(13)22-17(25)7-4-8-18-23-20(24-26-18)15-9-11-16(21)12-10-15/h3,5-6,9-12H,4,7-8H2,1-2H3,(H,22,25). The highest BCUT2D eigenvalue weighted by Gasteiger charge is 2.11. The van der Waals surface area contributed by atoms with Gasteiger partial charge in [0.05, 0.1) is 0 Å². The lowest BCUT2D eigenvalue weighted by Crippen LogP contribution is -2.13. The van der Waals surface area contributed by atoms with Crippen molar-refractivity contribution in [2.45, 2.75) is 33.1 Å². The number of benzene rings is 2. The number of amides is 1. The summed E-state index contributed by atoms with van der Waals surface area (Å²) >= 11 is 5.88. The molecule has 0 atom stereocenters. The molecule has 26 heavy (non-hydrogen) atoms. The van der Waals surface area contributed by atoms with Crippen LogP contribution in [0, 0.1) is 13.8 Å². The Hall–Kier alpha value is -2.66. The van der Waals surface area contributed by atoms with E-state index < -0.39 is 0 Å². The number of rotatable bonds is 6. The van der Waals surface area contributed by atoms with Gasteiger partial charge in [0.1, 0.15) is 0 Å². The molecule has 0 bridgehead atoms. The molecule has 2 aromatic carbocycles. The maximum absolute atomic E-state index is 12.2. The van der Waals surface area contributed by atoms with Crippen LogP contribution >= 0.6 is 11.6 Å². The first-order valence-corrected chi connectivity index (χ1v) is 8.85. The monoisotopic (exact) mass is 369 g/mol. The lowest BCUT2D eigenvalue weighted by atomic mass is 10.1. The van der Waals surface area contributed by atoms with Gasteiger partial charge in [-0.15, -0.1) is 0 Å². The fourth-order valence-electron chi connectivity index (χ4n) is 2.69. The Balaban J connectivity index is 1.52. The zero-order valence-electron chi connectivity index (χ0n) is 14.8. The van der Waals surface area contributed by atoms with Crippen molar-refractivity contribution in [2.75, 3.05) is 5.32 Å². The van der Waals surface area contributed by atoms with E-state index in [1.165, 1.54) is 0 Å². The van der Waals surface area contributed by atoms with E-state index in [-0.39, 0.29) is 5.91 Å². The molecule has 0 fully saturated rings. The van der Waals surface area contributed by atoms with Crippen molar-refractivity contribution in [2.24, 2.45) is 0 Å². The predicted molar refractivity (Wildman–Crippen MR) is 102 cm³/mol. The largest absolute Gasteiger partial charge is 0.339 e. The van der Waals surface area contributed by atoms with Gasteiger partial charge in [0.25, 0.3) is 0 Å². The Morgan fingerprint density at radius 3 is 2.50 bits per heavy atom. The Kier molecular flexibility index (Phi) is 5.68. The van der Waals surface area contributed by atoms with Crippen LogP contribution in [0.4, 0.5) is 5.69 Å². The molecule has 1 amide bonds. The van der Waals surface area contributed by atoms with Gasteiger partial charge in [-0.25, -0.2) is 0 Å².